The fourth-order valence-corrected chi connectivity index (χ4v) is 5.84. The number of fused-ring (bicyclic) bond motifs is 2. The van der Waals surface area contributed by atoms with Crippen molar-refractivity contribution in [3.05, 3.63) is 65.4 Å². The van der Waals surface area contributed by atoms with Crippen molar-refractivity contribution in [2.24, 2.45) is 18.9 Å². The van der Waals surface area contributed by atoms with Crippen LogP contribution in [-0.4, -0.2) is 51.5 Å². The summed E-state index contributed by atoms with van der Waals surface area (Å²) in [4.78, 5) is 42.8. The molecule has 1 aliphatic carbocycles. The van der Waals surface area contributed by atoms with Crippen molar-refractivity contribution in [2.75, 3.05) is 7.05 Å². The number of rotatable bonds is 6. The Balaban J connectivity index is 1.58. The maximum atomic E-state index is 14.3. The summed E-state index contributed by atoms with van der Waals surface area (Å²) in [6, 6.07) is 11.5. The third kappa shape index (κ3) is 3.94. The van der Waals surface area contributed by atoms with Gasteiger partial charge in [-0.2, -0.15) is 5.10 Å². The molecular weight excluding hydrogens is 454 g/mol. The summed E-state index contributed by atoms with van der Waals surface area (Å²) >= 11 is 0. The number of hydrogen-bond acceptors (Lipinski definition) is 4. The van der Waals surface area contributed by atoms with Gasteiger partial charge in [-0.25, -0.2) is 0 Å². The standard InChI is InChI=1S/C28H33N5O3/c1-5-16(2)24-27(35)31-23(20-12-17-8-6-7-9-18(17)13-20)28(36)33(24)25(26(34)29-3)19-10-11-22-21(14-19)15-30-32(22)4/h6-11,14-16,20,23-25H,5,12-13H2,1-4H3,(H,29,34)(H,31,35)/t16-,23+,24-,25+/m0/s1. The second-order valence-corrected chi connectivity index (χ2v) is 10.1. The second-order valence-electron chi connectivity index (χ2n) is 10.1. The molecule has 2 N–H and O–H groups in total. The lowest BCUT2D eigenvalue weighted by molar-refractivity contribution is -0.159. The molecule has 3 amide bonds. The SMILES string of the molecule is CC[C@H](C)[C@H]1C(=O)N[C@H](C2Cc3ccccc3C2)C(=O)N1[C@@H](C(=O)NC)c1ccc2c(cnn2C)c1. The van der Waals surface area contributed by atoms with Crippen molar-refractivity contribution >= 4 is 28.6 Å². The normalized spacial score (nSPS) is 21.8. The van der Waals surface area contributed by atoms with Gasteiger partial charge in [-0.05, 0) is 53.5 Å². The maximum Gasteiger partial charge on any atom is 0.247 e. The van der Waals surface area contributed by atoms with Gasteiger partial charge in [0.05, 0.1) is 11.7 Å². The molecule has 0 bridgehead atoms. The van der Waals surface area contributed by atoms with Gasteiger partial charge in [0.25, 0.3) is 0 Å². The van der Waals surface area contributed by atoms with E-state index in [9.17, 15) is 14.4 Å². The van der Waals surface area contributed by atoms with Crippen molar-refractivity contribution in [1.82, 2.24) is 25.3 Å². The quantitative estimate of drug-likeness (QED) is 0.559. The highest BCUT2D eigenvalue weighted by Gasteiger charge is 2.50. The zero-order valence-corrected chi connectivity index (χ0v) is 21.2. The van der Waals surface area contributed by atoms with Crippen molar-refractivity contribution in [2.45, 2.75) is 51.2 Å². The molecule has 1 saturated heterocycles. The minimum absolute atomic E-state index is 0.0506. The molecule has 2 aliphatic rings. The van der Waals surface area contributed by atoms with Crippen LogP contribution in [0.15, 0.2) is 48.7 Å². The molecule has 8 heteroatoms. The number of carbonyl (C=O) groups excluding carboxylic acids is 3. The van der Waals surface area contributed by atoms with Crippen molar-refractivity contribution in [3.63, 3.8) is 0 Å². The zero-order chi connectivity index (χ0) is 25.6. The first-order valence-corrected chi connectivity index (χ1v) is 12.7. The Labute approximate surface area is 211 Å². The van der Waals surface area contributed by atoms with Crippen LogP contribution in [0.25, 0.3) is 10.9 Å². The van der Waals surface area contributed by atoms with E-state index < -0.39 is 18.1 Å². The van der Waals surface area contributed by atoms with Crippen LogP contribution in [0.1, 0.15) is 43.0 Å². The molecule has 0 saturated carbocycles. The van der Waals surface area contributed by atoms with Gasteiger partial charge in [-0.3, -0.25) is 19.1 Å². The van der Waals surface area contributed by atoms with Gasteiger partial charge < -0.3 is 15.5 Å². The molecule has 3 aromatic rings. The Morgan fingerprint density at radius 2 is 1.86 bits per heavy atom. The highest BCUT2D eigenvalue weighted by atomic mass is 16.2. The van der Waals surface area contributed by atoms with Crippen LogP contribution in [0.3, 0.4) is 0 Å². The summed E-state index contributed by atoms with van der Waals surface area (Å²) in [5.41, 5.74) is 4.02. The number of aromatic nitrogens is 2. The molecule has 188 valence electrons. The fourth-order valence-electron chi connectivity index (χ4n) is 5.84. The van der Waals surface area contributed by atoms with E-state index in [0.717, 1.165) is 23.7 Å². The van der Waals surface area contributed by atoms with Crippen molar-refractivity contribution in [3.8, 4) is 0 Å². The maximum absolute atomic E-state index is 14.3. The Bertz CT molecular complexity index is 1310. The van der Waals surface area contributed by atoms with Gasteiger partial charge in [-0.15, -0.1) is 0 Å². The van der Waals surface area contributed by atoms with Crippen LogP contribution < -0.4 is 10.6 Å². The molecule has 8 nitrogen and oxygen atoms in total. The molecule has 4 atom stereocenters. The van der Waals surface area contributed by atoms with Crippen LogP contribution in [0, 0.1) is 11.8 Å². The van der Waals surface area contributed by atoms with E-state index in [4.69, 9.17) is 0 Å². The molecule has 2 heterocycles. The Hall–Kier alpha value is -3.68. The highest BCUT2D eigenvalue weighted by Crippen LogP contribution is 2.36. The lowest BCUT2D eigenvalue weighted by atomic mass is 9.86. The summed E-state index contributed by atoms with van der Waals surface area (Å²) in [5, 5.41) is 11.0. The number of nitrogens with one attached hydrogen (secondary N) is 2. The summed E-state index contributed by atoms with van der Waals surface area (Å²) in [5.74, 6) is -0.878. The Kier molecular flexibility index (Phi) is 6.28. The average molecular weight is 488 g/mol. The third-order valence-corrected chi connectivity index (χ3v) is 7.98. The van der Waals surface area contributed by atoms with Crippen LogP contribution in [0.2, 0.25) is 0 Å². The van der Waals surface area contributed by atoms with E-state index in [1.165, 1.54) is 11.1 Å². The topological polar surface area (TPSA) is 96.3 Å². The van der Waals surface area contributed by atoms with Gasteiger partial charge >= 0.3 is 0 Å². The predicted molar refractivity (Wildman–Crippen MR) is 137 cm³/mol. The first-order chi connectivity index (χ1) is 17.3. The molecule has 36 heavy (non-hydrogen) atoms. The number of aryl methyl sites for hydroxylation is 1. The first kappa shape index (κ1) is 24.0. The monoisotopic (exact) mass is 487 g/mol. The minimum Gasteiger partial charge on any atom is -0.357 e. The lowest BCUT2D eigenvalue weighted by Crippen LogP contribution is -2.68. The summed E-state index contributed by atoms with van der Waals surface area (Å²) < 4.78 is 1.77. The van der Waals surface area contributed by atoms with E-state index in [-0.39, 0.29) is 29.6 Å². The van der Waals surface area contributed by atoms with E-state index in [2.05, 4.69) is 27.9 Å². The molecule has 1 fully saturated rings. The summed E-state index contributed by atoms with van der Waals surface area (Å²) in [7, 11) is 3.43. The number of hydrogen-bond donors (Lipinski definition) is 2. The molecule has 1 aromatic heterocycles. The molecule has 2 aromatic carbocycles. The Morgan fingerprint density at radius 3 is 2.50 bits per heavy atom. The molecule has 1 aliphatic heterocycles. The van der Waals surface area contributed by atoms with Gasteiger partial charge in [-0.1, -0.05) is 50.6 Å². The largest absolute Gasteiger partial charge is 0.357 e. The van der Waals surface area contributed by atoms with E-state index in [1.54, 1.807) is 22.8 Å². The van der Waals surface area contributed by atoms with Gasteiger partial charge in [0.2, 0.25) is 17.7 Å². The molecular formula is C28H33N5O3. The minimum atomic E-state index is -0.927. The summed E-state index contributed by atoms with van der Waals surface area (Å²) in [6.07, 6.45) is 3.89. The fraction of sp³-hybridized carbons (Fsp3) is 0.429. The first-order valence-electron chi connectivity index (χ1n) is 12.7. The highest BCUT2D eigenvalue weighted by molar-refractivity contribution is 6.00. The smallest absolute Gasteiger partial charge is 0.247 e. The molecule has 0 radical (unpaired) electrons. The van der Waals surface area contributed by atoms with E-state index >= 15 is 0 Å². The number of benzene rings is 2. The zero-order valence-electron chi connectivity index (χ0n) is 21.2. The van der Waals surface area contributed by atoms with Crippen molar-refractivity contribution < 1.29 is 14.4 Å². The Morgan fingerprint density at radius 1 is 1.17 bits per heavy atom. The molecule has 5 rings (SSSR count). The third-order valence-electron chi connectivity index (χ3n) is 7.98. The van der Waals surface area contributed by atoms with Crippen LogP contribution in [0.4, 0.5) is 0 Å². The number of carbonyl (C=O) groups is 3. The predicted octanol–water partition coefficient (Wildman–Crippen LogP) is 2.52. The van der Waals surface area contributed by atoms with Crippen LogP contribution in [0.5, 0.6) is 0 Å². The number of likely N-dealkylation sites (N-methyl/N-ethyl adjacent to an activating group) is 1. The van der Waals surface area contributed by atoms with Gasteiger partial charge in [0.15, 0.2) is 0 Å². The van der Waals surface area contributed by atoms with Crippen LogP contribution in [-0.2, 0) is 34.3 Å². The van der Waals surface area contributed by atoms with Crippen LogP contribution >= 0.6 is 0 Å². The lowest BCUT2D eigenvalue weighted by Gasteiger charge is -2.46. The summed E-state index contributed by atoms with van der Waals surface area (Å²) in [6.45, 7) is 3.96. The van der Waals surface area contributed by atoms with Gasteiger partial charge in [0, 0.05) is 19.5 Å². The van der Waals surface area contributed by atoms with E-state index in [1.807, 2.05) is 51.2 Å². The van der Waals surface area contributed by atoms with Gasteiger partial charge in [0.1, 0.15) is 18.1 Å². The number of nitrogens with zero attached hydrogens (tertiary/aromatic N) is 3. The number of piperazine rings is 1. The van der Waals surface area contributed by atoms with Crippen molar-refractivity contribution in [1.29, 1.82) is 0 Å². The molecule has 0 spiro atoms. The van der Waals surface area contributed by atoms with E-state index in [0.29, 0.717) is 12.0 Å². The average Bonchev–Trinajstić information content (AvgIpc) is 3.48. The molecule has 0 unspecified atom stereocenters. The number of amides is 3. The second kappa shape index (κ2) is 9.41.